The van der Waals surface area contributed by atoms with Crippen molar-refractivity contribution < 1.29 is 14.7 Å². The van der Waals surface area contributed by atoms with Crippen LogP contribution in [0.5, 0.6) is 0 Å². The van der Waals surface area contributed by atoms with Crippen LogP contribution in [-0.2, 0) is 16.0 Å². The van der Waals surface area contributed by atoms with E-state index in [9.17, 15) is 9.59 Å². The number of carbonyl (C=O) groups excluding carboxylic acids is 1. The van der Waals surface area contributed by atoms with Crippen molar-refractivity contribution in [3.63, 3.8) is 0 Å². The highest BCUT2D eigenvalue weighted by Gasteiger charge is 2.18. The molecule has 1 amide bonds. The summed E-state index contributed by atoms with van der Waals surface area (Å²) in [5.74, 6) is -1.12. The van der Waals surface area contributed by atoms with Gasteiger partial charge in [-0.1, -0.05) is 34.1 Å². The minimum atomic E-state index is -0.948. The third-order valence-electron chi connectivity index (χ3n) is 2.88. The van der Waals surface area contributed by atoms with E-state index in [1.54, 1.807) is 0 Å². The number of carbonyl (C=O) groups is 2. The highest BCUT2D eigenvalue weighted by Crippen LogP contribution is 2.21. The topological polar surface area (TPSA) is 66.4 Å². The van der Waals surface area contributed by atoms with Crippen LogP contribution >= 0.6 is 27.3 Å². The van der Waals surface area contributed by atoms with E-state index < -0.39 is 12.0 Å². The number of carboxylic acids is 1. The quantitative estimate of drug-likeness (QED) is 0.822. The minimum absolute atomic E-state index is 0.146. The predicted molar refractivity (Wildman–Crippen MR) is 85.3 cm³/mol. The van der Waals surface area contributed by atoms with Gasteiger partial charge < -0.3 is 10.4 Å². The zero-order valence-electron chi connectivity index (χ0n) is 11.1. The van der Waals surface area contributed by atoms with Gasteiger partial charge in [-0.3, -0.25) is 9.59 Å². The standard InChI is InChI=1S/C15H14BrNO3S/c16-11-4-1-3-10(7-11)13(9-15(19)20)17-14(18)8-12-5-2-6-21-12/h1-7,13H,8-9H2,(H,17,18)(H,19,20). The fraction of sp³-hybridized carbons (Fsp3) is 0.200. The van der Waals surface area contributed by atoms with Crippen molar-refractivity contribution >= 4 is 39.1 Å². The summed E-state index contributed by atoms with van der Waals surface area (Å²) in [6.07, 6.45) is 0.119. The highest BCUT2D eigenvalue weighted by atomic mass is 79.9. The molecule has 0 bridgehead atoms. The summed E-state index contributed by atoms with van der Waals surface area (Å²) >= 11 is 4.86. The van der Waals surface area contributed by atoms with Crippen LogP contribution in [0.3, 0.4) is 0 Å². The SMILES string of the molecule is O=C(O)CC(NC(=O)Cc1cccs1)c1cccc(Br)c1. The molecule has 4 nitrogen and oxygen atoms in total. The first-order valence-corrected chi connectivity index (χ1v) is 8.01. The van der Waals surface area contributed by atoms with Gasteiger partial charge in [-0.25, -0.2) is 0 Å². The number of hydrogen-bond donors (Lipinski definition) is 2. The summed E-state index contributed by atoms with van der Waals surface area (Å²) < 4.78 is 0.850. The lowest BCUT2D eigenvalue weighted by atomic mass is 10.0. The Morgan fingerprint density at radius 1 is 1.29 bits per heavy atom. The van der Waals surface area contributed by atoms with Gasteiger partial charge in [0.2, 0.25) is 5.91 Å². The zero-order valence-corrected chi connectivity index (χ0v) is 13.5. The molecule has 110 valence electrons. The van der Waals surface area contributed by atoms with Crippen LogP contribution < -0.4 is 5.32 Å². The number of amides is 1. The molecule has 2 rings (SSSR count). The molecule has 0 aliphatic carbocycles. The van der Waals surface area contributed by atoms with Crippen molar-refractivity contribution in [2.24, 2.45) is 0 Å². The summed E-state index contributed by atoms with van der Waals surface area (Å²) in [4.78, 5) is 24.0. The van der Waals surface area contributed by atoms with Crippen molar-refractivity contribution in [3.8, 4) is 0 Å². The van der Waals surface area contributed by atoms with Gasteiger partial charge in [-0.15, -0.1) is 11.3 Å². The molecule has 0 spiro atoms. The van der Waals surface area contributed by atoms with Crippen LogP contribution in [-0.4, -0.2) is 17.0 Å². The number of benzene rings is 1. The number of carboxylic acid groups (broad SMARTS) is 1. The van der Waals surface area contributed by atoms with Gasteiger partial charge >= 0.3 is 5.97 Å². The Labute approximate surface area is 134 Å². The molecule has 0 radical (unpaired) electrons. The van der Waals surface area contributed by atoms with Crippen LogP contribution in [0, 0.1) is 0 Å². The average molecular weight is 368 g/mol. The molecule has 0 aliphatic rings. The lowest BCUT2D eigenvalue weighted by molar-refractivity contribution is -0.137. The van der Waals surface area contributed by atoms with E-state index in [4.69, 9.17) is 5.11 Å². The molecule has 6 heteroatoms. The lowest BCUT2D eigenvalue weighted by Crippen LogP contribution is -2.31. The van der Waals surface area contributed by atoms with Gasteiger partial charge in [-0.2, -0.15) is 0 Å². The molecule has 1 unspecified atom stereocenters. The van der Waals surface area contributed by atoms with E-state index >= 15 is 0 Å². The second-order valence-corrected chi connectivity index (χ2v) is 6.48. The molecule has 0 saturated carbocycles. The Morgan fingerprint density at radius 3 is 2.71 bits per heavy atom. The number of thiophene rings is 1. The smallest absolute Gasteiger partial charge is 0.305 e. The first-order valence-electron chi connectivity index (χ1n) is 6.33. The molecule has 1 aromatic carbocycles. The van der Waals surface area contributed by atoms with Crippen molar-refractivity contribution in [1.29, 1.82) is 0 Å². The lowest BCUT2D eigenvalue weighted by Gasteiger charge is -2.17. The van der Waals surface area contributed by atoms with E-state index in [-0.39, 0.29) is 18.7 Å². The third kappa shape index (κ3) is 4.99. The Hall–Kier alpha value is -1.66. The average Bonchev–Trinajstić information content (AvgIpc) is 2.90. The molecule has 0 saturated heterocycles. The maximum absolute atomic E-state index is 12.1. The van der Waals surface area contributed by atoms with E-state index in [0.717, 1.165) is 14.9 Å². The van der Waals surface area contributed by atoms with Crippen LogP contribution in [0.25, 0.3) is 0 Å². The molecule has 1 aromatic heterocycles. The van der Waals surface area contributed by atoms with Gasteiger partial charge in [0.1, 0.15) is 0 Å². The van der Waals surface area contributed by atoms with Crippen molar-refractivity contribution in [2.75, 3.05) is 0 Å². The van der Waals surface area contributed by atoms with Gasteiger partial charge in [-0.05, 0) is 29.1 Å². The summed E-state index contributed by atoms with van der Waals surface area (Å²) in [5.41, 5.74) is 0.770. The number of rotatable bonds is 6. The van der Waals surface area contributed by atoms with Gasteiger partial charge in [0.05, 0.1) is 18.9 Å². The van der Waals surface area contributed by atoms with E-state index in [0.29, 0.717) is 0 Å². The fourth-order valence-corrected chi connectivity index (χ4v) is 3.09. The van der Waals surface area contributed by atoms with E-state index in [1.807, 2.05) is 41.8 Å². The molecule has 2 aromatic rings. The first kappa shape index (κ1) is 15.7. The maximum atomic E-state index is 12.1. The summed E-state index contributed by atoms with van der Waals surface area (Å²) in [6, 6.07) is 10.5. The van der Waals surface area contributed by atoms with Gasteiger partial charge in [0.15, 0.2) is 0 Å². The minimum Gasteiger partial charge on any atom is -0.481 e. The molecular weight excluding hydrogens is 354 g/mol. The Bertz CT molecular complexity index is 628. The number of halogens is 1. The first-order chi connectivity index (χ1) is 10.0. The van der Waals surface area contributed by atoms with Crippen molar-refractivity contribution in [2.45, 2.75) is 18.9 Å². The molecule has 21 heavy (non-hydrogen) atoms. The molecule has 0 aliphatic heterocycles. The summed E-state index contributed by atoms with van der Waals surface area (Å²) in [7, 11) is 0. The van der Waals surface area contributed by atoms with Crippen molar-refractivity contribution in [1.82, 2.24) is 5.32 Å². The predicted octanol–water partition coefficient (Wildman–Crippen LogP) is 3.39. The van der Waals surface area contributed by atoms with Crippen LogP contribution in [0.4, 0.5) is 0 Å². The molecule has 2 N–H and O–H groups in total. The molecule has 1 heterocycles. The number of hydrogen-bond acceptors (Lipinski definition) is 3. The van der Waals surface area contributed by atoms with Crippen LogP contribution in [0.15, 0.2) is 46.3 Å². The van der Waals surface area contributed by atoms with Gasteiger partial charge in [0, 0.05) is 9.35 Å². The largest absolute Gasteiger partial charge is 0.481 e. The molecule has 0 fully saturated rings. The van der Waals surface area contributed by atoms with Crippen LogP contribution in [0.2, 0.25) is 0 Å². The number of aliphatic carboxylic acids is 1. The van der Waals surface area contributed by atoms with E-state index in [1.165, 1.54) is 11.3 Å². The second kappa shape index (κ2) is 7.38. The third-order valence-corrected chi connectivity index (χ3v) is 4.25. The zero-order chi connectivity index (χ0) is 15.2. The number of nitrogens with one attached hydrogen (secondary N) is 1. The molecular formula is C15H14BrNO3S. The molecule has 1 atom stereocenters. The Kier molecular flexibility index (Phi) is 5.52. The monoisotopic (exact) mass is 367 g/mol. The van der Waals surface area contributed by atoms with Gasteiger partial charge in [0.25, 0.3) is 0 Å². The highest BCUT2D eigenvalue weighted by molar-refractivity contribution is 9.10. The Balaban J connectivity index is 2.09. The normalized spacial score (nSPS) is 11.9. The second-order valence-electron chi connectivity index (χ2n) is 4.53. The maximum Gasteiger partial charge on any atom is 0.305 e. The summed E-state index contributed by atoms with van der Waals surface area (Å²) in [5, 5.41) is 13.7. The van der Waals surface area contributed by atoms with E-state index in [2.05, 4.69) is 21.2 Å². The van der Waals surface area contributed by atoms with Crippen molar-refractivity contribution in [3.05, 3.63) is 56.7 Å². The summed E-state index contributed by atoms with van der Waals surface area (Å²) in [6.45, 7) is 0. The Morgan fingerprint density at radius 2 is 2.10 bits per heavy atom. The fourth-order valence-electron chi connectivity index (χ4n) is 1.97. The van der Waals surface area contributed by atoms with Crippen LogP contribution in [0.1, 0.15) is 22.9 Å².